The Morgan fingerprint density at radius 3 is 2.71 bits per heavy atom. The van der Waals surface area contributed by atoms with Gasteiger partial charge in [-0.25, -0.2) is 8.78 Å². The van der Waals surface area contributed by atoms with Crippen LogP contribution in [0.25, 0.3) is 0 Å². The highest BCUT2D eigenvalue weighted by Crippen LogP contribution is 2.19. The van der Waals surface area contributed by atoms with Crippen LogP contribution in [0.3, 0.4) is 0 Å². The lowest BCUT2D eigenvalue weighted by Crippen LogP contribution is -2.36. The van der Waals surface area contributed by atoms with E-state index in [1.165, 1.54) is 13.0 Å². The molecule has 1 aliphatic rings. The Morgan fingerprint density at radius 2 is 2.00 bits per heavy atom. The summed E-state index contributed by atoms with van der Waals surface area (Å²) in [6.45, 7) is 5.10. The highest BCUT2D eigenvalue weighted by molar-refractivity contribution is 9.09. The Kier molecular flexibility index (Phi) is 5.70. The maximum atomic E-state index is 14.1. The van der Waals surface area contributed by atoms with Crippen LogP contribution in [0.1, 0.15) is 22.3 Å². The minimum absolute atomic E-state index is 0.287. The van der Waals surface area contributed by atoms with Crippen molar-refractivity contribution in [1.29, 1.82) is 0 Å². The van der Waals surface area contributed by atoms with E-state index in [4.69, 9.17) is 0 Å². The van der Waals surface area contributed by atoms with Crippen LogP contribution < -0.4 is 0 Å². The molecule has 0 N–H and O–H groups in total. The van der Waals surface area contributed by atoms with Crippen molar-refractivity contribution in [3.8, 4) is 0 Å². The molecule has 0 unspecified atom stereocenters. The quantitative estimate of drug-likeness (QED) is 0.773. The zero-order chi connectivity index (χ0) is 15.4. The second-order valence-corrected chi connectivity index (χ2v) is 6.02. The molecule has 1 aromatic rings. The molecule has 1 amide bonds. The molecule has 3 nitrogen and oxygen atoms in total. The predicted molar refractivity (Wildman–Crippen MR) is 81.8 cm³/mol. The second kappa shape index (κ2) is 7.31. The molecule has 1 aliphatic heterocycles. The van der Waals surface area contributed by atoms with Gasteiger partial charge < -0.3 is 9.80 Å². The molecule has 1 fully saturated rings. The van der Waals surface area contributed by atoms with Crippen LogP contribution in [-0.4, -0.2) is 53.8 Å². The topological polar surface area (TPSA) is 23.6 Å². The molecule has 0 radical (unpaired) electrons. The summed E-state index contributed by atoms with van der Waals surface area (Å²) in [5.41, 5.74) is -0.139. The Balaban J connectivity index is 2.15. The largest absolute Gasteiger partial charge is 0.337 e. The lowest BCUT2D eigenvalue weighted by Gasteiger charge is -2.22. The van der Waals surface area contributed by atoms with Gasteiger partial charge in [-0.3, -0.25) is 4.79 Å². The van der Waals surface area contributed by atoms with Crippen molar-refractivity contribution in [2.24, 2.45) is 0 Å². The third-order valence-electron chi connectivity index (χ3n) is 3.77. The van der Waals surface area contributed by atoms with Gasteiger partial charge in [0, 0.05) is 31.5 Å². The van der Waals surface area contributed by atoms with Crippen LogP contribution >= 0.6 is 15.9 Å². The van der Waals surface area contributed by atoms with Crippen molar-refractivity contribution >= 4 is 21.8 Å². The lowest BCUT2D eigenvalue weighted by atomic mass is 10.1. The number of benzene rings is 1. The number of alkyl halides is 1. The van der Waals surface area contributed by atoms with Crippen LogP contribution in [0.15, 0.2) is 12.1 Å². The number of nitrogens with zero attached hydrogens (tertiary/aromatic N) is 2. The molecule has 0 saturated carbocycles. The Morgan fingerprint density at radius 1 is 1.24 bits per heavy atom. The maximum Gasteiger partial charge on any atom is 0.259 e. The summed E-state index contributed by atoms with van der Waals surface area (Å²) in [5.74, 6) is -2.08. The standard InChI is InChI=1S/C15H19BrF2N2O/c1-11-3-4-12(17)13(14(11)18)15(21)20-7-2-6-19(8-5-16)9-10-20/h3-4H,2,5-10H2,1H3. The molecular formula is C15H19BrF2N2O. The normalized spacial score (nSPS) is 16.9. The van der Waals surface area contributed by atoms with E-state index in [2.05, 4.69) is 20.8 Å². The maximum absolute atomic E-state index is 14.1. The van der Waals surface area contributed by atoms with Crippen molar-refractivity contribution in [2.45, 2.75) is 13.3 Å². The molecule has 0 aliphatic carbocycles. The summed E-state index contributed by atoms with van der Waals surface area (Å²) in [4.78, 5) is 16.2. The molecule has 1 saturated heterocycles. The number of amides is 1. The van der Waals surface area contributed by atoms with Crippen molar-refractivity contribution in [1.82, 2.24) is 9.80 Å². The summed E-state index contributed by atoms with van der Waals surface area (Å²) in [7, 11) is 0. The van der Waals surface area contributed by atoms with Gasteiger partial charge in [0.25, 0.3) is 5.91 Å². The van der Waals surface area contributed by atoms with Crippen molar-refractivity contribution < 1.29 is 13.6 Å². The van der Waals surface area contributed by atoms with E-state index in [-0.39, 0.29) is 5.56 Å². The third-order valence-corrected chi connectivity index (χ3v) is 4.13. The van der Waals surface area contributed by atoms with Gasteiger partial charge in [0.15, 0.2) is 0 Å². The summed E-state index contributed by atoms with van der Waals surface area (Å²) in [6.07, 6.45) is 0.813. The summed E-state index contributed by atoms with van der Waals surface area (Å²) < 4.78 is 27.9. The lowest BCUT2D eigenvalue weighted by molar-refractivity contribution is 0.0752. The average Bonchev–Trinajstić information content (AvgIpc) is 2.69. The van der Waals surface area contributed by atoms with Crippen molar-refractivity contribution in [2.75, 3.05) is 38.1 Å². The fraction of sp³-hybridized carbons (Fsp3) is 0.533. The van der Waals surface area contributed by atoms with Crippen molar-refractivity contribution in [3.63, 3.8) is 0 Å². The van der Waals surface area contributed by atoms with E-state index < -0.39 is 23.1 Å². The molecule has 0 atom stereocenters. The molecule has 0 aromatic heterocycles. The van der Waals surface area contributed by atoms with Gasteiger partial charge >= 0.3 is 0 Å². The van der Waals surface area contributed by atoms with Crippen LogP contribution in [0, 0.1) is 18.6 Å². The first-order valence-electron chi connectivity index (χ1n) is 7.06. The Labute approximate surface area is 132 Å². The molecule has 0 bridgehead atoms. The number of carbonyl (C=O) groups excluding carboxylic acids is 1. The van der Waals surface area contributed by atoms with Crippen LogP contribution in [0.2, 0.25) is 0 Å². The third kappa shape index (κ3) is 3.80. The molecule has 6 heteroatoms. The number of carbonyl (C=O) groups is 1. The van der Waals surface area contributed by atoms with Crippen LogP contribution in [0.5, 0.6) is 0 Å². The van der Waals surface area contributed by atoms with Gasteiger partial charge in [-0.2, -0.15) is 0 Å². The van der Waals surface area contributed by atoms with Gasteiger partial charge in [-0.15, -0.1) is 0 Å². The molecule has 2 rings (SSSR count). The summed E-state index contributed by atoms with van der Waals surface area (Å²) >= 11 is 3.40. The van der Waals surface area contributed by atoms with Gasteiger partial charge in [0.2, 0.25) is 0 Å². The smallest absolute Gasteiger partial charge is 0.259 e. The second-order valence-electron chi connectivity index (χ2n) is 5.23. The zero-order valence-electron chi connectivity index (χ0n) is 12.0. The van der Waals surface area contributed by atoms with Gasteiger partial charge in [-0.1, -0.05) is 22.0 Å². The number of hydrogen-bond donors (Lipinski definition) is 0. The number of rotatable bonds is 3. The van der Waals surface area contributed by atoms with Crippen molar-refractivity contribution in [3.05, 3.63) is 34.9 Å². The van der Waals surface area contributed by atoms with E-state index in [1.807, 2.05) is 0 Å². The SMILES string of the molecule is Cc1ccc(F)c(C(=O)N2CCCN(CCBr)CC2)c1F. The molecular weight excluding hydrogens is 342 g/mol. The monoisotopic (exact) mass is 360 g/mol. The molecule has 21 heavy (non-hydrogen) atoms. The molecule has 1 heterocycles. The van der Waals surface area contributed by atoms with E-state index in [0.717, 1.165) is 37.5 Å². The number of halogens is 3. The average molecular weight is 361 g/mol. The molecule has 1 aromatic carbocycles. The highest BCUT2D eigenvalue weighted by Gasteiger charge is 2.25. The predicted octanol–water partition coefficient (Wildman–Crippen LogP) is 2.82. The number of hydrogen-bond acceptors (Lipinski definition) is 2. The van der Waals surface area contributed by atoms with E-state index >= 15 is 0 Å². The van der Waals surface area contributed by atoms with Crippen LogP contribution in [-0.2, 0) is 0 Å². The van der Waals surface area contributed by atoms with E-state index in [9.17, 15) is 13.6 Å². The minimum Gasteiger partial charge on any atom is -0.337 e. The van der Waals surface area contributed by atoms with Gasteiger partial charge in [0.05, 0.1) is 0 Å². The number of aryl methyl sites for hydroxylation is 1. The summed E-state index contributed by atoms with van der Waals surface area (Å²) in [5, 5.41) is 0.877. The van der Waals surface area contributed by atoms with Crippen LogP contribution in [0.4, 0.5) is 8.78 Å². The van der Waals surface area contributed by atoms with E-state index in [1.54, 1.807) is 4.90 Å². The highest BCUT2D eigenvalue weighted by atomic mass is 79.9. The zero-order valence-corrected chi connectivity index (χ0v) is 13.6. The Hall–Kier alpha value is -1.01. The fourth-order valence-electron chi connectivity index (χ4n) is 2.53. The minimum atomic E-state index is -0.787. The van der Waals surface area contributed by atoms with E-state index in [0.29, 0.717) is 13.1 Å². The Bertz CT molecular complexity index is 525. The van der Waals surface area contributed by atoms with Gasteiger partial charge in [-0.05, 0) is 31.5 Å². The fourth-order valence-corrected chi connectivity index (χ4v) is 3.03. The van der Waals surface area contributed by atoms with Gasteiger partial charge in [0.1, 0.15) is 17.2 Å². The first kappa shape index (κ1) is 16.4. The first-order valence-corrected chi connectivity index (χ1v) is 8.19. The first-order chi connectivity index (χ1) is 10.0. The molecule has 116 valence electrons. The molecule has 0 spiro atoms. The summed E-state index contributed by atoms with van der Waals surface area (Å²) in [6, 6.07) is 2.50.